The van der Waals surface area contributed by atoms with E-state index in [0.717, 1.165) is 11.3 Å². The van der Waals surface area contributed by atoms with E-state index < -0.39 is 0 Å². The van der Waals surface area contributed by atoms with Crippen LogP contribution in [-0.4, -0.2) is 17.3 Å². The summed E-state index contributed by atoms with van der Waals surface area (Å²) in [4.78, 5) is 18.3. The summed E-state index contributed by atoms with van der Waals surface area (Å²) >= 11 is 0. The second-order valence-electron chi connectivity index (χ2n) is 3.13. The minimum absolute atomic E-state index is 0.128. The molecule has 1 aliphatic rings. The van der Waals surface area contributed by atoms with Crippen LogP contribution in [0.4, 0.5) is 0 Å². The first-order valence-electron chi connectivity index (χ1n) is 4.51. The SMILES string of the molecule is [N-]=[N+]=NCC(=O)C1=CCc2ncccc21. The highest BCUT2D eigenvalue weighted by Gasteiger charge is 2.19. The first-order chi connectivity index (χ1) is 7.33. The van der Waals surface area contributed by atoms with Crippen molar-refractivity contribution in [2.24, 2.45) is 5.11 Å². The van der Waals surface area contributed by atoms with E-state index in [2.05, 4.69) is 15.0 Å². The monoisotopic (exact) mass is 200 g/mol. The summed E-state index contributed by atoms with van der Waals surface area (Å²) in [5.41, 5.74) is 10.5. The van der Waals surface area contributed by atoms with Gasteiger partial charge in [0.05, 0.1) is 12.2 Å². The Bertz CT molecular complexity index is 486. The first kappa shape index (κ1) is 9.43. The number of hydrogen-bond acceptors (Lipinski definition) is 3. The molecule has 15 heavy (non-hydrogen) atoms. The molecule has 5 heteroatoms. The van der Waals surface area contributed by atoms with Crippen LogP contribution in [0.3, 0.4) is 0 Å². The number of Topliss-reactive ketones (excluding diaryl/α,β-unsaturated/α-hetero) is 1. The van der Waals surface area contributed by atoms with Gasteiger partial charge >= 0.3 is 0 Å². The van der Waals surface area contributed by atoms with Crippen LogP contribution in [0.2, 0.25) is 0 Å². The molecule has 1 aromatic heterocycles. The van der Waals surface area contributed by atoms with Gasteiger partial charge in [0, 0.05) is 28.7 Å². The summed E-state index contributed by atoms with van der Waals surface area (Å²) in [7, 11) is 0. The molecular formula is C10H8N4O. The molecule has 0 aromatic carbocycles. The van der Waals surface area contributed by atoms with Crippen molar-refractivity contribution in [3.8, 4) is 0 Å². The first-order valence-corrected chi connectivity index (χ1v) is 4.51. The largest absolute Gasteiger partial charge is 0.294 e. The molecule has 1 aliphatic carbocycles. The van der Waals surface area contributed by atoms with Crippen LogP contribution in [0.25, 0.3) is 16.0 Å². The molecule has 0 saturated carbocycles. The third kappa shape index (κ3) is 1.73. The van der Waals surface area contributed by atoms with Gasteiger partial charge in [0.25, 0.3) is 0 Å². The number of rotatable bonds is 3. The lowest BCUT2D eigenvalue weighted by Crippen LogP contribution is -2.04. The van der Waals surface area contributed by atoms with E-state index in [9.17, 15) is 4.79 Å². The molecule has 0 aliphatic heterocycles. The normalized spacial score (nSPS) is 12.7. The highest BCUT2D eigenvalue weighted by molar-refractivity contribution is 6.22. The molecule has 0 bridgehead atoms. The molecule has 2 rings (SSSR count). The van der Waals surface area contributed by atoms with E-state index in [-0.39, 0.29) is 12.3 Å². The zero-order chi connectivity index (χ0) is 10.7. The summed E-state index contributed by atoms with van der Waals surface area (Å²) in [5.74, 6) is -0.153. The van der Waals surface area contributed by atoms with Crippen molar-refractivity contribution in [3.63, 3.8) is 0 Å². The van der Waals surface area contributed by atoms with Crippen molar-refractivity contribution < 1.29 is 4.79 Å². The highest BCUT2D eigenvalue weighted by atomic mass is 16.1. The lowest BCUT2D eigenvalue weighted by Gasteiger charge is -2.01. The van der Waals surface area contributed by atoms with Crippen molar-refractivity contribution >= 4 is 11.4 Å². The van der Waals surface area contributed by atoms with Crippen LogP contribution >= 0.6 is 0 Å². The average molecular weight is 200 g/mol. The van der Waals surface area contributed by atoms with Crippen LogP contribution < -0.4 is 0 Å². The van der Waals surface area contributed by atoms with Crippen LogP contribution in [0.1, 0.15) is 11.3 Å². The lowest BCUT2D eigenvalue weighted by molar-refractivity contribution is -0.112. The molecular weight excluding hydrogens is 192 g/mol. The van der Waals surface area contributed by atoms with Crippen LogP contribution in [0.15, 0.2) is 29.5 Å². The molecule has 74 valence electrons. The van der Waals surface area contributed by atoms with Crippen LogP contribution in [0.5, 0.6) is 0 Å². The van der Waals surface area contributed by atoms with Gasteiger partial charge < -0.3 is 0 Å². The summed E-state index contributed by atoms with van der Waals surface area (Å²) < 4.78 is 0. The van der Waals surface area contributed by atoms with Crippen LogP contribution in [-0.2, 0) is 11.2 Å². The maximum Gasteiger partial charge on any atom is 0.169 e. The molecule has 0 saturated heterocycles. The molecule has 0 amide bonds. The third-order valence-corrected chi connectivity index (χ3v) is 2.26. The number of allylic oxidation sites excluding steroid dienone is 1. The summed E-state index contributed by atoms with van der Waals surface area (Å²) in [6, 6.07) is 3.65. The Morgan fingerprint density at radius 1 is 1.67 bits per heavy atom. The molecule has 0 N–H and O–H groups in total. The van der Waals surface area contributed by atoms with Gasteiger partial charge in [-0.05, 0) is 11.6 Å². The fraction of sp³-hybridized carbons (Fsp3) is 0.200. The maximum atomic E-state index is 11.6. The van der Waals surface area contributed by atoms with Gasteiger partial charge in [0.2, 0.25) is 0 Å². The standard InChI is InChI=1S/C10H8N4O/c11-14-13-6-10(15)8-3-4-9-7(8)2-1-5-12-9/h1-3,5H,4,6H2. The van der Waals surface area contributed by atoms with Gasteiger partial charge in [0.15, 0.2) is 5.78 Å². The summed E-state index contributed by atoms with van der Waals surface area (Å²) in [6.07, 6.45) is 4.20. The van der Waals surface area contributed by atoms with E-state index in [1.54, 1.807) is 12.3 Å². The van der Waals surface area contributed by atoms with Crippen LogP contribution in [0, 0.1) is 0 Å². The lowest BCUT2D eigenvalue weighted by atomic mass is 10.1. The van der Waals surface area contributed by atoms with Gasteiger partial charge in [-0.15, -0.1) is 0 Å². The topological polar surface area (TPSA) is 78.7 Å². The maximum absolute atomic E-state index is 11.6. The Kier molecular flexibility index (Phi) is 2.48. The van der Waals surface area contributed by atoms with Gasteiger partial charge in [0.1, 0.15) is 0 Å². The minimum atomic E-state index is -0.153. The molecule has 0 fully saturated rings. The predicted octanol–water partition coefficient (Wildman–Crippen LogP) is 1.90. The van der Waals surface area contributed by atoms with Crippen molar-refractivity contribution in [2.45, 2.75) is 6.42 Å². The molecule has 0 spiro atoms. The smallest absolute Gasteiger partial charge is 0.169 e. The number of carbonyl (C=O) groups excluding carboxylic acids is 1. The Balaban J connectivity index is 2.26. The third-order valence-electron chi connectivity index (χ3n) is 2.26. The van der Waals surface area contributed by atoms with E-state index >= 15 is 0 Å². The van der Waals surface area contributed by atoms with Crippen molar-refractivity contribution in [2.75, 3.05) is 6.54 Å². The average Bonchev–Trinajstić information content (AvgIpc) is 2.69. The summed E-state index contributed by atoms with van der Waals surface area (Å²) in [5, 5.41) is 3.26. The minimum Gasteiger partial charge on any atom is -0.294 e. The Morgan fingerprint density at radius 3 is 3.33 bits per heavy atom. The number of carbonyl (C=O) groups is 1. The van der Waals surface area contributed by atoms with E-state index in [1.165, 1.54) is 0 Å². The molecule has 0 unspecified atom stereocenters. The fourth-order valence-electron chi connectivity index (χ4n) is 1.60. The highest BCUT2D eigenvalue weighted by Crippen LogP contribution is 2.25. The molecule has 0 atom stereocenters. The van der Waals surface area contributed by atoms with E-state index in [1.807, 2.05) is 12.1 Å². The Hall–Kier alpha value is -2.13. The second kappa shape index (κ2) is 3.94. The van der Waals surface area contributed by atoms with E-state index in [4.69, 9.17) is 5.53 Å². The Labute approximate surface area is 86.1 Å². The van der Waals surface area contributed by atoms with Gasteiger partial charge in [-0.1, -0.05) is 17.3 Å². The molecule has 1 heterocycles. The van der Waals surface area contributed by atoms with Crippen molar-refractivity contribution in [1.82, 2.24) is 4.98 Å². The number of nitrogens with zero attached hydrogens (tertiary/aromatic N) is 4. The number of ketones is 1. The second-order valence-corrected chi connectivity index (χ2v) is 3.13. The number of pyridine rings is 1. The van der Waals surface area contributed by atoms with Gasteiger partial charge in [-0.3, -0.25) is 9.78 Å². The van der Waals surface area contributed by atoms with E-state index in [0.29, 0.717) is 12.0 Å². The Morgan fingerprint density at radius 2 is 2.53 bits per heavy atom. The van der Waals surface area contributed by atoms with Gasteiger partial charge in [-0.2, -0.15) is 0 Å². The van der Waals surface area contributed by atoms with Crippen molar-refractivity contribution in [1.29, 1.82) is 0 Å². The molecule has 1 aromatic rings. The quantitative estimate of drug-likeness (QED) is 0.424. The van der Waals surface area contributed by atoms with Gasteiger partial charge in [-0.25, -0.2) is 0 Å². The number of azide groups is 1. The molecule has 0 radical (unpaired) electrons. The zero-order valence-corrected chi connectivity index (χ0v) is 7.92. The fourth-order valence-corrected chi connectivity index (χ4v) is 1.60. The number of hydrogen-bond donors (Lipinski definition) is 0. The van der Waals surface area contributed by atoms with Crippen molar-refractivity contribution in [3.05, 3.63) is 46.1 Å². The predicted molar refractivity (Wildman–Crippen MR) is 54.9 cm³/mol. The molecule has 5 nitrogen and oxygen atoms in total. The number of aromatic nitrogens is 1. The summed E-state index contributed by atoms with van der Waals surface area (Å²) in [6.45, 7) is -0.128. The zero-order valence-electron chi connectivity index (χ0n) is 7.92. The number of fused-ring (bicyclic) bond motifs is 1.